The Morgan fingerprint density at radius 3 is 2.71 bits per heavy atom. The van der Waals surface area contributed by atoms with Gasteiger partial charge in [-0.15, -0.1) is 11.6 Å². The van der Waals surface area contributed by atoms with Gasteiger partial charge in [0.15, 0.2) is 0 Å². The minimum atomic E-state index is -0.474. The van der Waals surface area contributed by atoms with Gasteiger partial charge in [0.25, 0.3) is 0 Å². The van der Waals surface area contributed by atoms with Crippen molar-refractivity contribution in [3.8, 4) is 5.69 Å². The SMILES string of the molecule is Cc1ccc(-n2c(CCl)nc3cc(Cl)c(F)cc32)cc1Br. The van der Waals surface area contributed by atoms with E-state index in [1.54, 1.807) is 0 Å². The molecule has 2 aromatic carbocycles. The molecule has 0 unspecified atom stereocenters. The first-order chi connectivity index (χ1) is 10.0. The van der Waals surface area contributed by atoms with Crippen molar-refractivity contribution in [1.29, 1.82) is 0 Å². The van der Waals surface area contributed by atoms with E-state index in [-0.39, 0.29) is 10.9 Å². The number of benzene rings is 2. The number of hydrogen-bond donors (Lipinski definition) is 0. The molecule has 0 amide bonds. The predicted molar refractivity (Wildman–Crippen MR) is 88.0 cm³/mol. The van der Waals surface area contributed by atoms with E-state index in [0.29, 0.717) is 16.9 Å². The summed E-state index contributed by atoms with van der Waals surface area (Å²) in [4.78, 5) is 4.43. The Morgan fingerprint density at radius 1 is 1.29 bits per heavy atom. The van der Waals surface area contributed by atoms with Crippen molar-refractivity contribution in [2.45, 2.75) is 12.8 Å². The van der Waals surface area contributed by atoms with Crippen molar-refractivity contribution >= 4 is 50.2 Å². The molecule has 6 heteroatoms. The van der Waals surface area contributed by atoms with Gasteiger partial charge in [0, 0.05) is 16.2 Å². The lowest BCUT2D eigenvalue weighted by molar-refractivity contribution is 0.629. The third kappa shape index (κ3) is 2.56. The summed E-state index contributed by atoms with van der Waals surface area (Å²) in [5, 5.41) is 0.0540. The summed E-state index contributed by atoms with van der Waals surface area (Å²) in [5.74, 6) is 0.390. The van der Waals surface area contributed by atoms with Crippen molar-refractivity contribution in [3.63, 3.8) is 0 Å². The maximum Gasteiger partial charge on any atom is 0.144 e. The normalized spacial score (nSPS) is 11.3. The van der Waals surface area contributed by atoms with Crippen LogP contribution < -0.4 is 0 Å². The highest BCUT2D eigenvalue weighted by Gasteiger charge is 2.15. The molecule has 0 bridgehead atoms. The largest absolute Gasteiger partial charge is 0.295 e. The lowest BCUT2D eigenvalue weighted by Gasteiger charge is -2.09. The van der Waals surface area contributed by atoms with Crippen molar-refractivity contribution < 1.29 is 4.39 Å². The third-order valence-electron chi connectivity index (χ3n) is 3.30. The summed E-state index contributed by atoms with van der Waals surface area (Å²) in [5.41, 5.74) is 3.24. The molecular formula is C15H10BrCl2FN2. The van der Waals surface area contributed by atoms with Crippen LogP contribution in [0.15, 0.2) is 34.8 Å². The van der Waals surface area contributed by atoms with E-state index in [2.05, 4.69) is 20.9 Å². The monoisotopic (exact) mass is 386 g/mol. The number of aromatic nitrogens is 2. The van der Waals surface area contributed by atoms with Gasteiger partial charge in [-0.1, -0.05) is 33.6 Å². The van der Waals surface area contributed by atoms with Gasteiger partial charge < -0.3 is 0 Å². The van der Waals surface area contributed by atoms with Crippen LogP contribution in [-0.2, 0) is 5.88 Å². The van der Waals surface area contributed by atoms with Gasteiger partial charge in [-0.3, -0.25) is 4.57 Å². The maximum absolute atomic E-state index is 13.8. The minimum absolute atomic E-state index is 0.0540. The maximum atomic E-state index is 13.8. The van der Waals surface area contributed by atoms with E-state index in [1.165, 1.54) is 12.1 Å². The summed E-state index contributed by atoms with van der Waals surface area (Å²) in [7, 11) is 0. The zero-order valence-electron chi connectivity index (χ0n) is 11.0. The zero-order valence-corrected chi connectivity index (χ0v) is 14.1. The second-order valence-electron chi connectivity index (χ2n) is 4.69. The molecule has 21 heavy (non-hydrogen) atoms. The van der Waals surface area contributed by atoms with Gasteiger partial charge in [0.2, 0.25) is 0 Å². The Hall–Kier alpha value is -1.10. The van der Waals surface area contributed by atoms with Crippen LogP contribution >= 0.6 is 39.1 Å². The number of halogens is 4. The predicted octanol–water partition coefficient (Wildman–Crippen LogP) is 5.63. The average Bonchev–Trinajstić information content (AvgIpc) is 2.80. The van der Waals surface area contributed by atoms with Crippen LogP contribution in [0, 0.1) is 12.7 Å². The molecule has 0 aliphatic rings. The number of nitrogens with zero attached hydrogens (tertiary/aromatic N) is 2. The van der Waals surface area contributed by atoms with Crippen molar-refractivity contribution in [2.24, 2.45) is 0 Å². The average molecular weight is 388 g/mol. The Morgan fingerprint density at radius 2 is 2.05 bits per heavy atom. The van der Waals surface area contributed by atoms with Crippen LogP contribution in [0.4, 0.5) is 4.39 Å². The Balaban J connectivity index is 2.34. The van der Waals surface area contributed by atoms with Crippen molar-refractivity contribution in [3.05, 3.63) is 57.0 Å². The molecule has 3 aromatic rings. The molecule has 0 N–H and O–H groups in total. The fraction of sp³-hybridized carbons (Fsp3) is 0.133. The lowest BCUT2D eigenvalue weighted by Crippen LogP contribution is -1.99. The van der Waals surface area contributed by atoms with Crippen LogP contribution in [-0.4, -0.2) is 9.55 Å². The van der Waals surface area contributed by atoms with Gasteiger partial charge in [-0.05, 0) is 30.7 Å². The van der Waals surface area contributed by atoms with E-state index in [9.17, 15) is 4.39 Å². The molecule has 108 valence electrons. The number of hydrogen-bond acceptors (Lipinski definition) is 1. The highest BCUT2D eigenvalue weighted by atomic mass is 79.9. The second-order valence-corrected chi connectivity index (χ2v) is 6.21. The van der Waals surface area contributed by atoms with E-state index in [1.807, 2.05) is 29.7 Å². The second kappa shape index (κ2) is 5.59. The Kier molecular flexibility index (Phi) is 3.95. The molecular weight excluding hydrogens is 378 g/mol. The first-order valence-electron chi connectivity index (χ1n) is 6.20. The third-order valence-corrected chi connectivity index (χ3v) is 4.68. The minimum Gasteiger partial charge on any atom is -0.295 e. The number of aryl methyl sites for hydroxylation is 1. The van der Waals surface area contributed by atoms with Crippen LogP contribution in [0.2, 0.25) is 5.02 Å². The molecule has 0 saturated heterocycles. The van der Waals surface area contributed by atoms with Gasteiger partial charge in [0.05, 0.1) is 21.9 Å². The quantitative estimate of drug-likeness (QED) is 0.521. The summed E-state index contributed by atoms with van der Waals surface area (Å²) in [6.07, 6.45) is 0. The van der Waals surface area contributed by atoms with Crippen molar-refractivity contribution in [1.82, 2.24) is 9.55 Å². The van der Waals surface area contributed by atoms with E-state index < -0.39 is 5.82 Å². The number of alkyl halides is 1. The molecule has 1 heterocycles. The smallest absolute Gasteiger partial charge is 0.144 e. The summed E-state index contributed by atoms with van der Waals surface area (Å²) >= 11 is 15.3. The van der Waals surface area contributed by atoms with Gasteiger partial charge in [-0.25, -0.2) is 9.37 Å². The standard InChI is InChI=1S/C15H10BrCl2FN2/c1-8-2-3-9(4-10(8)16)21-14-6-12(19)11(18)5-13(14)20-15(21)7-17/h2-6H,7H2,1H3. The van der Waals surface area contributed by atoms with Crippen LogP contribution in [0.25, 0.3) is 16.7 Å². The van der Waals surface area contributed by atoms with Gasteiger partial charge in [-0.2, -0.15) is 0 Å². The molecule has 0 radical (unpaired) electrons. The van der Waals surface area contributed by atoms with E-state index in [4.69, 9.17) is 23.2 Å². The zero-order chi connectivity index (χ0) is 15.1. The lowest BCUT2D eigenvalue weighted by atomic mass is 10.2. The number of fused-ring (bicyclic) bond motifs is 1. The molecule has 0 fully saturated rings. The molecule has 0 saturated carbocycles. The first-order valence-corrected chi connectivity index (χ1v) is 7.90. The van der Waals surface area contributed by atoms with E-state index in [0.717, 1.165) is 15.7 Å². The van der Waals surface area contributed by atoms with Gasteiger partial charge >= 0.3 is 0 Å². The fourth-order valence-electron chi connectivity index (χ4n) is 2.22. The molecule has 3 rings (SSSR count). The van der Waals surface area contributed by atoms with Gasteiger partial charge in [0.1, 0.15) is 11.6 Å². The molecule has 0 aliphatic heterocycles. The topological polar surface area (TPSA) is 17.8 Å². The van der Waals surface area contributed by atoms with Crippen LogP contribution in [0.5, 0.6) is 0 Å². The number of imidazole rings is 1. The highest BCUT2D eigenvalue weighted by Crippen LogP contribution is 2.29. The van der Waals surface area contributed by atoms with E-state index >= 15 is 0 Å². The molecule has 0 spiro atoms. The Labute approximate surface area is 139 Å². The Bertz CT molecular complexity index is 845. The molecule has 0 atom stereocenters. The fourth-order valence-corrected chi connectivity index (χ4v) is 2.93. The summed E-state index contributed by atoms with van der Waals surface area (Å²) in [6, 6.07) is 8.79. The first kappa shape index (κ1) is 14.8. The van der Waals surface area contributed by atoms with Crippen molar-refractivity contribution in [2.75, 3.05) is 0 Å². The molecule has 2 nitrogen and oxygen atoms in total. The summed E-state index contributed by atoms with van der Waals surface area (Å²) < 4.78 is 16.6. The highest BCUT2D eigenvalue weighted by molar-refractivity contribution is 9.10. The number of rotatable bonds is 2. The van der Waals surface area contributed by atoms with Crippen LogP contribution in [0.3, 0.4) is 0 Å². The summed E-state index contributed by atoms with van der Waals surface area (Å²) in [6.45, 7) is 2.00. The molecule has 0 aliphatic carbocycles. The molecule has 1 aromatic heterocycles. The van der Waals surface area contributed by atoms with Crippen LogP contribution in [0.1, 0.15) is 11.4 Å².